The number of nitrogens with zero attached hydrogens (tertiary/aromatic N) is 1. The van der Waals surface area contributed by atoms with Gasteiger partial charge in [0.25, 0.3) is 0 Å². The predicted molar refractivity (Wildman–Crippen MR) is 79.7 cm³/mol. The normalized spacial score (nSPS) is 13.8. The molecule has 2 nitrogen and oxygen atoms in total. The number of nitrogens with one attached hydrogen (secondary N) is 1. The second-order valence-corrected chi connectivity index (χ2v) is 6.36. The fourth-order valence-electron chi connectivity index (χ4n) is 2.34. The van der Waals surface area contributed by atoms with E-state index in [1.807, 2.05) is 19.2 Å². The maximum Gasteiger partial charge on any atom is 0.123 e. The zero-order chi connectivity index (χ0) is 14.5. The van der Waals surface area contributed by atoms with Crippen LogP contribution >= 0.6 is 0 Å². The fraction of sp³-hybridized carbons (Fsp3) is 0.625. The van der Waals surface area contributed by atoms with Crippen LogP contribution in [-0.2, 0) is 6.54 Å². The van der Waals surface area contributed by atoms with Gasteiger partial charge in [-0.2, -0.15) is 0 Å². The molecule has 0 saturated heterocycles. The van der Waals surface area contributed by atoms with Crippen molar-refractivity contribution >= 4 is 0 Å². The second kappa shape index (κ2) is 7.01. The lowest BCUT2D eigenvalue weighted by Crippen LogP contribution is -2.40. The van der Waals surface area contributed by atoms with Crippen molar-refractivity contribution in [3.05, 3.63) is 35.6 Å². The monoisotopic (exact) mass is 266 g/mol. The highest BCUT2D eigenvalue weighted by molar-refractivity contribution is 5.15. The number of halogens is 1. The summed E-state index contributed by atoms with van der Waals surface area (Å²) < 4.78 is 12.8. The molecule has 1 rings (SSSR count). The van der Waals surface area contributed by atoms with Crippen LogP contribution in [0.25, 0.3) is 0 Å². The molecule has 0 heterocycles. The van der Waals surface area contributed by atoms with Crippen molar-refractivity contribution in [2.24, 2.45) is 5.41 Å². The van der Waals surface area contributed by atoms with E-state index in [1.54, 1.807) is 0 Å². The molecule has 3 heteroatoms. The summed E-state index contributed by atoms with van der Waals surface area (Å²) in [4.78, 5) is 2.28. The van der Waals surface area contributed by atoms with Gasteiger partial charge in [-0.15, -0.1) is 0 Å². The highest BCUT2D eigenvalue weighted by atomic mass is 19.1. The molecule has 0 aromatic heterocycles. The van der Waals surface area contributed by atoms with Gasteiger partial charge in [0.1, 0.15) is 5.82 Å². The van der Waals surface area contributed by atoms with Crippen LogP contribution in [0, 0.1) is 11.2 Å². The van der Waals surface area contributed by atoms with Gasteiger partial charge in [0.2, 0.25) is 0 Å². The van der Waals surface area contributed by atoms with E-state index in [9.17, 15) is 4.39 Å². The Kier molecular flexibility index (Phi) is 5.95. The van der Waals surface area contributed by atoms with Crippen LogP contribution in [0.5, 0.6) is 0 Å². The third-order valence-corrected chi connectivity index (χ3v) is 3.56. The number of benzene rings is 1. The molecule has 19 heavy (non-hydrogen) atoms. The third kappa shape index (κ3) is 5.70. The van der Waals surface area contributed by atoms with Gasteiger partial charge in [-0.05, 0) is 50.2 Å². The van der Waals surface area contributed by atoms with Crippen molar-refractivity contribution in [2.45, 2.75) is 39.8 Å². The van der Waals surface area contributed by atoms with Crippen LogP contribution in [0.4, 0.5) is 4.39 Å². The van der Waals surface area contributed by atoms with Gasteiger partial charge in [-0.25, -0.2) is 4.39 Å². The molecule has 0 spiro atoms. The largest absolute Gasteiger partial charge is 0.316 e. The number of rotatable bonds is 6. The zero-order valence-electron chi connectivity index (χ0n) is 12.8. The van der Waals surface area contributed by atoms with Crippen LogP contribution in [-0.4, -0.2) is 31.6 Å². The first-order valence-electron chi connectivity index (χ1n) is 6.93. The Labute approximate surface area is 117 Å². The number of hydrogen-bond acceptors (Lipinski definition) is 2. The molecule has 1 atom stereocenters. The van der Waals surface area contributed by atoms with Crippen LogP contribution < -0.4 is 5.32 Å². The fourth-order valence-corrected chi connectivity index (χ4v) is 2.34. The molecule has 0 aliphatic heterocycles. The minimum Gasteiger partial charge on any atom is -0.316 e. The summed E-state index contributed by atoms with van der Waals surface area (Å²) in [7, 11) is 4.13. The summed E-state index contributed by atoms with van der Waals surface area (Å²) in [5.41, 5.74) is 1.42. The molecule has 1 unspecified atom stereocenters. The molecule has 108 valence electrons. The summed E-state index contributed by atoms with van der Waals surface area (Å²) in [6.45, 7) is 8.66. The molecule has 1 aromatic carbocycles. The van der Waals surface area contributed by atoms with Crippen molar-refractivity contribution in [3.63, 3.8) is 0 Å². The second-order valence-electron chi connectivity index (χ2n) is 6.36. The van der Waals surface area contributed by atoms with E-state index in [0.717, 1.165) is 25.1 Å². The lowest BCUT2D eigenvalue weighted by atomic mass is 9.85. The van der Waals surface area contributed by atoms with Crippen molar-refractivity contribution in [1.82, 2.24) is 10.2 Å². The van der Waals surface area contributed by atoms with E-state index in [2.05, 4.69) is 38.0 Å². The summed E-state index contributed by atoms with van der Waals surface area (Å²) in [5, 5.41) is 3.39. The van der Waals surface area contributed by atoms with E-state index in [0.29, 0.717) is 6.04 Å². The van der Waals surface area contributed by atoms with Crippen LogP contribution in [0.2, 0.25) is 0 Å². The van der Waals surface area contributed by atoms with Gasteiger partial charge in [-0.3, -0.25) is 0 Å². The van der Waals surface area contributed by atoms with Crippen molar-refractivity contribution in [3.8, 4) is 0 Å². The van der Waals surface area contributed by atoms with E-state index < -0.39 is 0 Å². The van der Waals surface area contributed by atoms with Crippen molar-refractivity contribution in [1.29, 1.82) is 0 Å². The molecular weight excluding hydrogens is 239 g/mol. The highest BCUT2D eigenvalue weighted by Crippen LogP contribution is 2.21. The molecule has 0 radical (unpaired) electrons. The molecule has 1 N–H and O–H groups in total. The molecule has 0 amide bonds. The van der Waals surface area contributed by atoms with Crippen LogP contribution in [0.1, 0.15) is 32.8 Å². The van der Waals surface area contributed by atoms with E-state index in [1.165, 1.54) is 12.1 Å². The van der Waals surface area contributed by atoms with E-state index in [4.69, 9.17) is 0 Å². The summed E-state index contributed by atoms with van der Waals surface area (Å²) >= 11 is 0. The standard InChI is InChI=1S/C16H27FN2/c1-16(2,3)15(18-4)10-11-19(5)12-13-6-8-14(17)9-7-13/h6-9,15,18H,10-12H2,1-5H3. The molecule has 1 aromatic rings. The Hall–Kier alpha value is -0.930. The van der Waals surface area contributed by atoms with Gasteiger partial charge >= 0.3 is 0 Å². The minimum atomic E-state index is -0.172. The Balaban J connectivity index is 2.43. The molecule has 0 bridgehead atoms. The third-order valence-electron chi connectivity index (χ3n) is 3.56. The van der Waals surface area contributed by atoms with Crippen molar-refractivity contribution < 1.29 is 4.39 Å². The Bertz CT molecular complexity index is 367. The van der Waals surface area contributed by atoms with E-state index in [-0.39, 0.29) is 11.2 Å². The maximum atomic E-state index is 12.8. The van der Waals surface area contributed by atoms with Gasteiger partial charge in [0.05, 0.1) is 0 Å². The summed E-state index contributed by atoms with van der Waals surface area (Å²) in [6, 6.07) is 7.25. The first-order valence-corrected chi connectivity index (χ1v) is 6.93. The van der Waals surface area contributed by atoms with Gasteiger partial charge in [0, 0.05) is 12.6 Å². The van der Waals surface area contributed by atoms with Crippen LogP contribution in [0.15, 0.2) is 24.3 Å². The Morgan fingerprint density at radius 3 is 2.26 bits per heavy atom. The highest BCUT2D eigenvalue weighted by Gasteiger charge is 2.22. The average Bonchev–Trinajstić information content (AvgIpc) is 2.31. The van der Waals surface area contributed by atoms with E-state index >= 15 is 0 Å². The average molecular weight is 266 g/mol. The Morgan fingerprint density at radius 1 is 1.21 bits per heavy atom. The smallest absolute Gasteiger partial charge is 0.123 e. The summed E-state index contributed by atoms with van der Waals surface area (Å²) in [6.07, 6.45) is 1.11. The van der Waals surface area contributed by atoms with Gasteiger partial charge in [-0.1, -0.05) is 32.9 Å². The minimum absolute atomic E-state index is 0.172. The number of hydrogen-bond donors (Lipinski definition) is 1. The first kappa shape index (κ1) is 16.1. The lowest BCUT2D eigenvalue weighted by Gasteiger charge is -2.32. The predicted octanol–water partition coefficient (Wildman–Crippen LogP) is 3.28. The molecular formula is C16H27FN2. The van der Waals surface area contributed by atoms with Crippen molar-refractivity contribution in [2.75, 3.05) is 20.6 Å². The quantitative estimate of drug-likeness (QED) is 0.850. The molecule has 0 fully saturated rings. The topological polar surface area (TPSA) is 15.3 Å². The maximum absolute atomic E-state index is 12.8. The SMILES string of the molecule is CNC(CCN(C)Cc1ccc(F)cc1)C(C)(C)C. The lowest BCUT2D eigenvalue weighted by molar-refractivity contribution is 0.227. The van der Waals surface area contributed by atoms with Gasteiger partial charge in [0.15, 0.2) is 0 Å². The molecule has 0 saturated carbocycles. The Morgan fingerprint density at radius 2 is 1.79 bits per heavy atom. The zero-order valence-corrected chi connectivity index (χ0v) is 12.8. The van der Waals surface area contributed by atoms with Gasteiger partial charge < -0.3 is 10.2 Å². The first-order chi connectivity index (χ1) is 8.82. The molecule has 0 aliphatic carbocycles. The summed E-state index contributed by atoms with van der Waals surface area (Å²) in [5.74, 6) is -0.172. The van der Waals surface area contributed by atoms with Crippen LogP contribution in [0.3, 0.4) is 0 Å². The molecule has 0 aliphatic rings.